The van der Waals surface area contributed by atoms with Crippen LogP contribution in [0.4, 0.5) is 0 Å². The van der Waals surface area contributed by atoms with Crippen LogP contribution < -0.4 is 5.73 Å². The summed E-state index contributed by atoms with van der Waals surface area (Å²) >= 11 is 9.14. The van der Waals surface area contributed by atoms with Gasteiger partial charge in [0.25, 0.3) is 0 Å². The molecule has 0 aliphatic rings. The summed E-state index contributed by atoms with van der Waals surface area (Å²) in [6.07, 6.45) is 0.807. The average Bonchev–Trinajstić information content (AvgIpc) is 2.74. The molecule has 0 saturated carbocycles. The van der Waals surface area contributed by atoms with Crippen LogP contribution in [0.2, 0.25) is 5.02 Å². The molecule has 1 aromatic carbocycles. The molecule has 0 aliphatic carbocycles. The van der Waals surface area contributed by atoms with E-state index >= 15 is 0 Å². The largest absolute Gasteiger partial charge is 0.328 e. The predicted molar refractivity (Wildman–Crippen MR) is 72.8 cm³/mol. The van der Waals surface area contributed by atoms with Crippen LogP contribution in [0.25, 0.3) is 0 Å². The van der Waals surface area contributed by atoms with Gasteiger partial charge in [-0.3, -0.25) is 0 Å². The van der Waals surface area contributed by atoms with Gasteiger partial charge < -0.3 is 5.73 Å². The number of nitrogens with two attached hydrogens (primary N) is 1. The zero-order chi connectivity index (χ0) is 12.3. The highest BCUT2D eigenvalue weighted by Gasteiger charge is 2.09. The van der Waals surface area contributed by atoms with Gasteiger partial charge in [-0.05, 0) is 37.1 Å². The number of benzene rings is 1. The van der Waals surface area contributed by atoms with E-state index in [9.17, 15) is 0 Å². The zero-order valence-corrected chi connectivity index (χ0v) is 11.6. The van der Waals surface area contributed by atoms with Crippen LogP contribution in [0, 0.1) is 0 Å². The maximum Gasteiger partial charge on any atom is 0.178 e. The number of rotatable bonds is 4. The first-order valence-corrected chi connectivity index (χ1v) is 7.20. The van der Waals surface area contributed by atoms with Crippen LogP contribution in [0.1, 0.15) is 12.5 Å². The van der Waals surface area contributed by atoms with E-state index < -0.39 is 0 Å². The Kier molecular flexibility index (Phi) is 4.39. The highest BCUT2D eigenvalue weighted by molar-refractivity contribution is 8.01. The van der Waals surface area contributed by atoms with Crippen molar-refractivity contribution in [3.63, 3.8) is 0 Å². The molecule has 0 amide bonds. The third-order valence-corrected chi connectivity index (χ3v) is 4.23. The molecule has 0 aliphatic heterocycles. The van der Waals surface area contributed by atoms with Crippen LogP contribution in [0.3, 0.4) is 0 Å². The first-order chi connectivity index (χ1) is 8.15. The minimum absolute atomic E-state index is 0.113. The Morgan fingerprint density at radius 1 is 1.53 bits per heavy atom. The molecule has 2 aromatic rings. The smallest absolute Gasteiger partial charge is 0.178 e. The van der Waals surface area contributed by atoms with Crippen molar-refractivity contribution in [1.82, 2.24) is 10.2 Å². The summed E-state index contributed by atoms with van der Waals surface area (Å²) in [5, 5.41) is 8.58. The Hall–Kier alpha value is -0.620. The Labute approximate surface area is 113 Å². The van der Waals surface area contributed by atoms with E-state index in [2.05, 4.69) is 10.2 Å². The van der Waals surface area contributed by atoms with Gasteiger partial charge in [0.05, 0.1) is 0 Å². The second-order valence-electron chi connectivity index (χ2n) is 3.74. The lowest BCUT2D eigenvalue weighted by Gasteiger charge is -2.10. The average molecular weight is 286 g/mol. The van der Waals surface area contributed by atoms with Gasteiger partial charge in [-0.25, -0.2) is 0 Å². The molecule has 0 spiro atoms. The lowest BCUT2D eigenvalue weighted by Crippen LogP contribution is -2.18. The first-order valence-electron chi connectivity index (χ1n) is 5.13. The lowest BCUT2D eigenvalue weighted by molar-refractivity contribution is 0.729. The second-order valence-corrected chi connectivity index (χ2v) is 6.30. The quantitative estimate of drug-likeness (QED) is 0.937. The molecule has 2 rings (SSSR count). The molecular formula is C11H12ClN3S2. The van der Waals surface area contributed by atoms with Gasteiger partial charge in [0.1, 0.15) is 5.51 Å². The van der Waals surface area contributed by atoms with E-state index in [1.807, 2.05) is 25.1 Å². The number of hydrogen-bond acceptors (Lipinski definition) is 5. The monoisotopic (exact) mass is 285 g/mol. The molecule has 1 aromatic heterocycles. The topological polar surface area (TPSA) is 51.8 Å². The highest BCUT2D eigenvalue weighted by Crippen LogP contribution is 2.33. The molecule has 90 valence electrons. The van der Waals surface area contributed by atoms with Gasteiger partial charge in [0.2, 0.25) is 0 Å². The van der Waals surface area contributed by atoms with E-state index in [1.165, 1.54) is 11.3 Å². The normalized spacial score (nSPS) is 12.6. The maximum atomic E-state index is 6.01. The molecular weight excluding hydrogens is 274 g/mol. The summed E-state index contributed by atoms with van der Waals surface area (Å²) in [5.41, 5.74) is 8.72. The van der Waals surface area contributed by atoms with Gasteiger partial charge in [-0.1, -0.05) is 34.7 Å². The Morgan fingerprint density at radius 2 is 2.35 bits per heavy atom. The predicted octanol–water partition coefficient (Wildman–Crippen LogP) is 3.23. The SMILES string of the molecule is CC(N)Cc1cc(Cl)ccc1Sc1nncs1. The number of aromatic nitrogens is 2. The molecule has 1 unspecified atom stereocenters. The summed E-state index contributed by atoms with van der Waals surface area (Å²) in [4.78, 5) is 1.14. The van der Waals surface area contributed by atoms with Crippen molar-refractivity contribution in [3.8, 4) is 0 Å². The van der Waals surface area contributed by atoms with Crippen LogP contribution >= 0.6 is 34.7 Å². The third-order valence-electron chi connectivity index (χ3n) is 2.10. The summed E-state index contributed by atoms with van der Waals surface area (Å²) in [7, 11) is 0. The van der Waals surface area contributed by atoms with Crippen molar-refractivity contribution in [2.24, 2.45) is 5.73 Å². The summed E-state index contributed by atoms with van der Waals surface area (Å²) in [6.45, 7) is 1.99. The first kappa shape index (κ1) is 12.8. The molecule has 1 heterocycles. The van der Waals surface area contributed by atoms with E-state index in [1.54, 1.807) is 17.3 Å². The maximum absolute atomic E-state index is 6.01. The lowest BCUT2D eigenvalue weighted by atomic mass is 10.1. The summed E-state index contributed by atoms with van der Waals surface area (Å²) in [6, 6.07) is 5.97. The minimum Gasteiger partial charge on any atom is -0.328 e. The van der Waals surface area contributed by atoms with Crippen LogP contribution in [0.15, 0.2) is 32.9 Å². The van der Waals surface area contributed by atoms with Gasteiger partial charge in [-0.2, -0.15) is 0 Å². The second kappa shape index (κ2) is 5.82. The number of nitrogens with zero attached hydrogens (tertiary/aromatic N) is 2. The van der Waals surface area contributed by atoms with Crippen molar-refractivity contribution < 1.29 is 0 Å². The minimum atomic E-state index is 0.113. The fourth-order valence-electron chi connectivity index (χ4n) is 1.46. The van der Waals surface area contributed by atoms with E-state index in [-0.39, 0.29) is 6.04 Å². The fourth-order valence-corrected chi connectivity index (χ4v) is 3.21. The van der Waals surface area contributed by atoms with Gasteiger partial charge >= 0.3 is 0 Å². The Balaban J connectivity index is 2.25. The van der Waals surface area contributed by atoms with E-state index in [0.717, 1.165) is 26.2 Å². The van der Waals surface area contributed by atoms with Gasteiger partial charge in [-0.15, -0.1) is 10.2 Å². The molecule has 1 atom stereocenters. The van der Waals surface area contributed by atoms with Crippen LogP contribution in [0.5, 0.6) is 0 Å². The number of halogens is 1. The van der Waals surface area contributed by atoms with E-state index in [0.29, 0.717) is 0 Å². The van der Waals surface area contributed by atoms with E-state index in [4.69, 9.17) is 17.3 Å². The van der Waals surface area contributed by atoms with Gasteiger partial charge in [0, 0.05) is 16.0 Å². The highest BCUT2D eigenvalue weighted by atomic mass is 35.5. The molecule has 6 heteroatoms. The standard InChI is InChI=1S/C11H12ClN3S2/c1-7(13)4-8-5-9(12)2-3-10(8)17-11-15-14-6-16-11/h2-3,5-7H,4,13H2,1H3. The third kappa shape index (κ3) is 3.67. The molecule has 2 N–H and O–H groups in total. The summed E-state index contributed by atoms with van der Waals surface area (Å²) < 4.78 is 0.929. The van der Waals surface area contributed by atoms with Crippen molar-refractivity contribution >= 4 is 34.7 Å². The molecule has 0 fully saturated rings. The molecule has 3 nitrogen and oxygen atoms in total. The van der Waals surface area contributed by atoms with Crippen molar-refractivity contribution in [2.75, 3.05) is 0 Å². The fraction of sp³-hybridized carbons (Fsp3) is 0.273. The van der Waals surface area contributed by atoms with Crippen molar-refractivity contribution in [1.29, 1.82) is 0 Å². The Morgan fingerprint density at radius 3 is 3.00 bits per heavy atom. The molecule has 0 radical (unpaired) electrons. The van der Waals surface area contributed by atoms with Crippen LogP contribution in [-0.4, -0.2) is 16.2 Å². The molecule has 0 bridgehead atoms. The van der Waals surface area contributed by atoms with Crippen molar-refractivity contribution in [3.05, 3.63) is 34.3 Å². The molecule has 0 saturated heterocycles. The summed E-state index contributed by atoms with van der Waals surface area (Å²) in [5.74, 6) is 0. The zero-order valence-electron chi connectivity index (χ0n) is 9.26. The van der Waals surface area contributed by atoms with Crippen LogP contribution in [-0.2, 0) is 6.42 Å². The Bertz CT molecular complexity index is 485. The van der Waals surface area contributed by atoms with Crippen molar-refractivity contribution in [2.45, 2.75) is 28.6 Å². The molecule has 17 heavy (non-hydrogen) atoms. The number of hydrogen-bond donors (Lipinski definition) is 1. The van der Waals surface area contributed by atoms with Gasteiger partial charge in [0.15, 0.2) is 4.34 Å².